The van der Waals surface area contributed by atoms with Crippen LogP contribution in [0.1, 0.15) is 52.9 Å². The summed E-state index contributed by atoms with van der Waals surface area (Å²) >= 11 is 0. The predicted molar refractivity (Wildman–Crippen MR) is 75.8 cm³/mol. The van der Waals surface area contributed by atoms with Crippen LogP contribution in [0.4, 0.5) is 0 Å². The zero-order valence-corrected chi connectivity index (χ0v) is 12.7. The first-order valence-corrected chi connectivity index (χ1v) is 7.48. The van der Waals surface area contributed by atoms with Gasteiger partial charge in [-0.15, -0.1) is 0 Å². The number of nitrogens with one attached hydrogen (secondary N) is 1. The predicted octanol–water partition coefficient (Wildman–Crippen LogP) is 2.10. The number of amides is 1. The third-order valence-corrected chi connectivity index (χ3v) is 4.39. The molecule has 0 aromatic heterocycles. The number of carbonyl (C=O) groups is 1. The summed E-state index contributed by atoms with van der Waals surface area (Å²) in [4.78, 5) is 12.2. The second-order valence-corrected chi connectivity index (χ2v) is 5.92. The number of hydrogen-bond acceptors (Lipinski definition) is 3. The lowest BCUT2D eigenvalue weighted by Gasteiger charge is -2.33. The van der Waals surface area contributed by atoms with E-state index in [1.54, 1.807) is 14.0 Å². The number of aliphatic hydroxyl groups excluding tert-OH is 1. The average Bonchev–Trinajstić information content (AvgIpc) is 2.40. The third-order valence-electron chi connectivity index (χ3n) is 4.39. The van der Waals surface area contributed by atoms with E-state index in [2.05, 4.69) is 5.32 Å². The van der Waals surface area contributed by atoms with Gasteiger partial charge in [0.1, 0.15) is 0 Å². The van der Waals surface area contributed by atoms with E-state index in [0.717, 1.165) is 12.8 Å². The van der Waals surface area contributed by atoms with Gasteiger partial charge in [0.05, 0.1) is 24.2 Å². The van der Waals surface area contributed by atoms with Crippen LogP contribution >= 0.6 is 0 Å². The Hall–Kier alpha value is -0.610. The highest BCUT2D eigenvalue weighted by atomic mass is 16.5. The van der Waals surface area contributed by atoms with Crippen molar-refractivity contribution in [3.8, 4) is 0 Å². The Morgan fingerprint density at radius 1 is 1.21 bits per heavy atom. The molecular weight excluding hydrogens is 242 g/mol. The molecule has 0 saturated heterocycles. The van der Waals surface area contributed by atoms with Gasteiger partial charge in [-0.25, -0.2) is 0 Å². The molecule has 1 amide bonds. The van der Waals surface area contributed by atoms with E-state index in [9.17, 15) is 9.90 Å². The van der Waals surface area contributed by atoms with Crippen molar-refractivity contribution in [3.63, 3.8) is 0 Å². The van der Waals surface area contributed by atoms with Crippen LogP contribution in [0, 0.1) is 11.8 Å². The molecule has 1 aliphatic rings. The van der Waals surface area contributed by atoms with Crippen molar-refractivity contribution in [2.45, 2.75) is 71.1 Å². The van der Waals surface area contributed by atoms with E-state index >= 15 is 0 Å². The maximum Gasteiger partial charge on any atom is 0.225 e. The van der Waals surface area contributed by atoms with E-state index in [-0.39, 0.29) is 24.0 Å². The molecule has 1 rings (SSSR count). The van der Waals surface area contributed by atoms with E-state index in [4.69, 9.17) is 4.74 Å². The summed E-state index contributed by atoms with van der Waals surface area (Å²) in [7, 11) is 1.70. The second-order valence-electron chi connectivity index (χ2n) is 5.92. The molecule has 112 valence electrons. The summed E-state index contributed by atoms with van der Waals surface area (Å²) in [6, 6.07) is -0.223. The van der Waals surface area contributed by atoms with Gasteiger partial charge in [-0.1, -0.05) is 26.2 Å². The SMILES string of the molecule is CO[C@@H](C1CCCCC1)[C@@H](C)C(=O)N[C@H](C)[C@@H](C)O. The van der Waals surface area contributed by atoms with Crippen LogP contribution < -0.4 is 5.32 Å². The van der Waals surface area contributed by atoms with Crippen molar-refractivity contribution in [1.29, 1.82) is 0 Å². The van der Waals surface area contributed by atoms with Crippen LogP contribution in [0.15, 0.2) is 0 Å². The van der Waals surface area contributed by atoms with Gasteiger partial charge in [0, 0.05) is 7.11 Å². The van der Waals surface area contributed by atoms with Crippen LogP contribution in [0.3, 0.4) is 0 Å². The summed E-state index contributed by atoms with van der Waals surface area (Å²) in [6.07, 6.45) is 5.54. The zero-order valence-electron chi connectivity index (χ0n) is 12.7. The molecule has 0 radical (unpaired) electrons. The number of methoxy groups -OCH3 is 1. The van der Waals surface area contributed by atoms with Gasteiger partial charge in [0.25, 0.3) is 0 Å². The lowest BCUT2D eigenvalue weighted by Crippen LogP contribution is -2.46. The number of aliphatic hydroxyl groups is 1. The molecule has 4 nitrogen and oxygen atoms in total. The summed E-state index contributed by atoms with van der Waals surface area (Å²) in [6.45, 7) is 5.43. The van der Waals surface area contributed by atoms with E-state index in [1.165, 1.54) is 19.3 Å². The van der Waals surface area contributed by atoms with Crippen molar-refractivity contribution < 1.29 is 14.6 Å². The van der Waals surface area contributed by atoms with Gasteiger partial charge >= 0.3 is 0 Å². The fourth-order valence-corrected chi connectivity index (χ4v) is 2.89. The summed E-state index contributed by atoms with van der Waals surface area (Å²) in [5.74, 6) is 0.293. The van der Waals surface area contributed by atoms with Crippen LogP contribution in [0.5, 0.6) is 0 Å². The molecule has 1 aliphatic carbocycles. The molecule has 1 fully saturated rings. The first-order chi connectivity index (χ1) is 8.97. The maximum atomic E-state index is 12.2. The topological polar surface area (TPSA) is 58.6 Å². The first-order valence-electron chi connectivity index (χ1n) is 7.48. The minimum atomic E-state index is -0.535. The van der Waals surface area contributed by atoms with Crippen molar-refractivity contribution >= 4 is 5.91 Å². The quantitative estimate of drug-likeness (QED) is 0.778. The molecule has 0 unspecified atom stereocenters. The number of hydrogen-bond donors (Lipinski definition) is 2. The normalized spacial score (nSPS) is 23.4. The number of carbonyl (C=O) groups excluding carboxylic acids is 1. The molecule has 19 heavy (non-hydrogen) atoms. The molecule has 0 heterocycles. The van der Waals surface area contributed by atoms with E-state index in [1.807, 2.05) is 13.8 Å². The Labute approximate surface area is 116 Å². The van der Waals surface area contributed by atoms with Gasteiger partial charge < -0.3 is 15.2 Å². The largest absolute Gasteiger partial charge is 0.391 e. The summed E-state index contributed by atoms with van der Waals surface area (Å²) < 4.78 is 5.59. The fourth-order valence-electron chi connectivity index (χ4n) is 2.89. The zero-order chi connectivity index (χ0) is 14.4. The van der Waals surface area contributed by atoms with Gasteiger partial charge in [0.15, 0.2) is 0 Å². The van der Waals surface area contributed by atoms with Gasteiger partial charge in [-0.2, -0.15) is 0 Å². The molecule has 0 aliphatic heterocycles. The Kier molecular flexibility index (Phi) is 6.80. The molecular formula is C15H29NO3. The van der Waals surface area contributed by atoms with Gasteiger partial charge in [-0.05, 0) is 32.6 Å². The van der Waals surface area contributed by atoms with Crippen LogP contribution in [-0.4, -0.2) is 36.4 Å². The van der Waals surface area contributed by atoms with Crippen LogP contribution in [0.25, 0.3) is 0 Å². The monoisotopic (exact) mass is 271 g/mol. The summed E-state index contributed by atoms with van der Waals surface area (Å²) in [5, 5.41) is 12.3. The third kappa shape index (κ3) is 4.77. The minimum absolute atomic E-state index is 0.0125. The number of ether oxygens (including phenoxy) is 1. The lowest BCUT2D eigenvalue weighted by atomic mass is 9.80. The van der Waals surface area contributed by atoms with Crippen LogP contribution in [0.2, 0.25) is 0 Å². The lowest BCUT2D eigenvalue weighted by molar-refractivity contribution is -0.132. The highest BCUT2D eigenvalue weighted by molar-refractivity contribution is 5.79. The molecule has 1 saturated carbocycles. The van der Waals surface area contributed by atoms with E-state index < -0.39 is 6.10 Å². The molecule has 2 N–H and O–H groups in total. The Bertz CT molecular complexity index is 275. The smallest absolute Gasteiger partial charge is 0.225 e. The van der Waals surface area contributed by atoms with Crippen molar-refractivity contribution in [1.82, 2.24) is 5.32 Å². The molecule has 0 aromatic rings. The molecule has 0 spiro atoms. The van der Waals surface area contributed by atoms with Gasteiger partial charge in [0.2, 0.25) is 5.91 Å². The maximum absolute atomic E-state index is 12.2. The minimum Gasteiger partial charge on any atom is -0.391 e. The van der Waals surface area contributed by atoms with Crippen molar-refractivity contribution in [3.05, 3.63) is 0 Å². The molecule has 4 heteroatoms. The Morgan fingerprint density at radius 2 is 1.79 bits per heavy atom. The molecule has 4 atom stereocenters. The standard InChI is InChI=1S/C15H29NO3/c1-10(15(18)16-11(2)12(3)17)14(19-4)13-8-6-5-7-9-13/h10-14,17H,5-9H2,1-4H3,(H,16,18)/t10-,11-,12-,14-/m1/s1. The van der Waals surface area contributed by atoms with E-state index in [0.29, 0.717) is 5.92 Å². The van der Waals surface area contributed by atoms with Crippen molar-refractivity contribution in [2.24, 2.45) is 11.8 Å². The Balaban J connectivity index is 2.56. The Morgan fingerprint density at radius 3 is 2.26 bits per heavy atom. The highest BCUT2D eigenvalue weighted by Gasteiger charge is 2.32. The fraction of sp³-hybridized carbons (Fsp3) is 0.933. The average molecular weight is 271 g/mol. The summed E-state index contributed by atoms with van der Waals surface area (Å²) in [5.41, 5.74) is 0. The number of rotatable bonds is 6. The first kappa shape index (κ1) is 16.4. The molecule has 0 aromatic carbocycles. The van der Waals surface area contributed by atoms with Crippen LogP contribution in [-0.2, 0) is 9.53 Å². The van der Waals surface area contributed by atoms with Crippen molar-refractivity contribution in [2.75, 3.05) is 7.11 Å². The molecule has 0 bridgehead atoms. The van der Waals surface area contributed by atoms with Gasteiger partial charge in [-0.3, -0.25) is 4.79 Å². The highest BCUT2D eigenvalue weighted by Crippen LogP contribution is 2.31. The second kappa shape index (κ2) is 7.85.